The molecule has 0 unspecified atom stereocenters. The summed E-state index contributed by atoms with van der Waals surface area (Å²) in [5.41, 5.74) is 5.90. The van der Waals surface area contributed by atoms with Crippen molar-refractivity contribution in [2.24, 2.45) is 0 Å². The number of aromatic hydroxyl groups is 1. The minimum Gasteiger partial charge on any atom is -0.508 e. The van der Waals surface area contributed by atoms with Gasteiger partial charge in [0.1, 0.15) is 5.75 Å². The summed E-state index contributed by atoms with van der Waals surface area (Å²) in [6.45, 7) is 6.67. The summed E-state index contributed by atoms with van der Waals surface area (Å²) in [7, 11) is 3.33. The highest BCUT2D eigenvalue weighted by Gasteiger charge is 2.20. The molecular formula is C20H25NO3. The largest absolute Gasteiger partial charge is 0.508 e. The van der Waals surface area contributed by atoms with Crippen molar-refractivity contribution in [1.82, 2.24) is 4.90 Å². The van der Waals surface area contributed by atoms with Crippen LogP contribution in [-0.4, -0.2) is 30.8 Å². The molecule has 24 heavy (non-hydrogen) atoms. The van der Waals surface area contributed by atoms with E-state index in [0.29, 0.717) is 5.75 Å². The van der Waals surface area contributed by atoms with Crippen LogP contribution in [0.5, 0.6) is 17.2 Å². The van der Waals surface area contributed by atoms with Crippen LogP contribution < -0.4 is 9.47 Å². The van der Waals surface area contributed by atoms with Crippen molar-refractivity contribution in [2.75, 3.05) is 20.8 Å². The van der Waals surface area contributed by atoms with Crippen LogP contribution in [0.15, 0.2) is 24.3 Å². The van der Waals surface area contributed by atoms with Crippen LogP contribution in [0.1, 0.15) is 27.8 Å². The van der Waals surface area contributed by atoms with Gasteiger partial charge in [0.15, 0.2) is 11.5 Å². The lowest BCUT2D eigenvalue weighted by atomic mass is 9.97. The van der Waals surface area contributed by atoms with Crippen LogP contribution >= 0.6 is 0 Å². The molecule has 1 aliphatic heterocycles. The first-order chi connectivity index (χ1) is 11.5. The summed E-state index contributed by atoms with van der Waals surface area (Å²) in [5, 5.41) is 10.2. The molecule has 2 aromatic carbocycles. The van der Waals surface area contributed by atoms with Gasteiger partial charge in [0.25, 0.3) is 0 Å². The standard InChI is InChI=1S/C20H25NO3/c1-13-7-17(18(22)8-14(13)2)12-21-6-5-15-9-19(23-3)20(24-4)10-16(15)11-21/h7-10,22H,5-6,11-12H2,1-4H3. The van der Waals surface area contributed by atoms with E-state index in [0.717, 1.165) is 48.7 Å². The first kappa shape index (κ1) is 16.7. The monoisotopic (exact) mass is 327 g/mol. The maximum absolute atomic E-state index is 10.2. The van der Waals surface area contributed by atoms with E-state index in [9.17, 15) is 5.11 Å². The van der Waals surface area contributed by atoms with Crippen LogP contribution in [0.4, 0.5) is 0 Å². The van der Waals surface area contributed by atoms with Crippen LogP contribution in [0.25, 0.3) is 0 Å². The molecule has 1 N–H and O–H groups in total. The summed E-state index contributed by atoms with van der Waals surface area (Å²) in [4.78, 5) is 2.36. The van der Waals surface area contributed by atoms with Crippen molar-refractivity contribution < 1.29 is 14.6 Å². The van der Waals surface area contributed by atoms with Crippen LogP contribution in [0.2, 0.25) is 0 Å². The number of phenolic OH excluding ortho intramolecular Hbond substituents is 1. The number of fused-ring (bicyclic) bond motifs is 1. The molecule has 0 fully saturated rings. The molecular weight excluding hydrogens is 302 g/mol. The third-order valence-electron chi connectivity index (χ3n) is 4.89. The Kier molecular flexibility index (Phi) is 4.67. The van der Waals surface area contributed by atoms with Crippen LogP contribution in [-0.2, 0) is 19.5 Å². The zero-order chi connectivity index (χ0) is 17.3. The quantitative estimate of drug-likeness (QED) is 0.932. The van der Waals surface area contributed by atoms with Crippen molar-refractivity contribution in [3.8, 4) is 17.2 Å². The van der Waals surface area contributed by atoms with Gasteiger partial charge in [0, 0.05) is 25.2 Å². The van der Waals surface area contributed by atoms with Gasteiger partial charge in [-0.3, -0.25) is 4.90 Å². The number of hydrogen-bond acceptors (Lipinski definition) is 4. The van der Waals surface area contributed by atoms with Gasteiger partial charge < -0.3 is 14.6 Å². The number of phenols is 1. The first-order valence-corrected chi connectivity index (χ1v) is 8.27. The van der Waals surface area contributed by atoms with Gasteiger partial charge in [-0.25, -0.2) is 0 Å². The number of methoxy groups -OCH3 is 2. The summed E-state index contributed by atoms with van der Waals surface area (Å²) in [6.07, 6.45) is 0.974. The maximum Gasteiger partial charge on any atom is 0.161 e. The Balaban J connectivity index is 1.81. The number of ether oxygens (including phenoxy) is 2. The van der Waals surface area contributed by atoms with Gasteiger partial charge in [-0.2, -0.15) is 0 Å². The van der Waals surface area contributed by atoms with Gasteiger partial charge in [-0.1, -0.05) is 6.07 Å². The average molecular weight is 327 g/mol. The predicted octanol–water partition coefficient (Wildman–Crippen LogP) is 3.58. The Morgan fingerprint density at radius 3 is 2.25 bits per heavy atom. The zero-order valence-electron chi connectivity index (χ0n) is 14.8. The molecule has 4 heteroatoms. The second kappa shape index (κ2) is 6.73. The van der Waals surface area contributed by atoms with E-state index < -0.39 is 0 Å². The second-order valence-electron chi connectivity index (χ2n) is 6.50. The van der Waals surface area contributed by atoms with E-state index >= 15 is 0 Å². The highest BCUT2D eigenvalue weighted by molar-refractivity contribution is 5.48. The Hall–Kier alpha value is -2.20. The number of rotatable bonds is 4. The number of aryl methyl sites for hydroxylation is 2. The van der Waals surface area contributed by atoms with E-state index in [1.54, 1.807) is 14.2 Å². The molecule has 0 spiro atoms. The fraction of sp³-hybridized carbons (Fsp3) is 0.400. The number of nitrogens with zero attached hydrogens (tertiary/aromatic N) is 1. The first-order valence-electron chi connectivity index (χ1n) is 8.27. The molecule has 2 aromatic rings. The molecule has 0 bridgehead atoms. The Morgan fingerprint density at radius 2 is 1.58 bits per heavy atom. The van der Waals surface area contributed by atoms with E-state index in [1.807, 2.05) is 13.0 Å². The van der Waals surface area contributed by atoms with Crippen molar-refractivity contribution in [1.29, 1.82) is 0 Å². The Morgan fingerprint density at radius 1 is 0.958 bits per heavy atom. The van der Waals surface area contributed by atoms with Gasteiger partial charge in [0.05, 0.1) is 14.2 Å². The molecule has 0 aromatic heterocycles. The molecule has 0 saturated carbocycles. The molecule has 4 nitrogen and oxygen atoms in total. The van der Waals surface area contributed by atoms with Crippen molar-refractivity contribution in [3.05, 3.63) is 52.1 Å². The fourth-order valence-corrected chi connectivity index (χ4v) is 3.30. The third-order valence-corrected chi connectivity index (χ3v) is 4.89. The lowest BCUT2D eigenvalue weighted by molar-refractivity contribution is 0.241. The molecule has 0 saturated heterocycles. The SMILES string of the molecule is COc1cc2c(cc1OC)CN(Cc1cc(C)c(C)cc1O)CC2. The van der Waals surface area contributed by atoms with Gasteiger partial charge >= 0.3 is 0 Å². The lowest BCUT2D eigenvalue weighted by Crippen LogP contribution is -2.30. The summed E-state index contributed by atoms with van der Waals surface area (Å²) >= 11 is 0. The van der Waals surface area contributed by atoms with Gasteiger partial charge in [-0.05, 0) is 60.7 Å². The van der Waals surface area contributed by atoms with Crippen molar-refractivity contribution in [2.45, 2.75) is 33.4 Å². The Bertz CT molecular complexity index is 755. The predicted molar refractivity (Wildman–Crippen MR) is 94.9 cm³/mol. The summed E-state index contributed by atoms with van der Waals surface area (Å²) in [5.74, 6) is 1.94. The molecule has 0 radical (unpaired) electrons. The zero-order valence-corrected chi connectivity index (χ0v) is 14.8. The Labute approximate surface area is 143 Å². The molecule has 1 aliphatic rings. The lowest BCUT2D eigenvalue weighted by Gasteiger charge is -2.30. The van der Waals surface area contributed by atoms with Crippen LogP contribution in [0.3, 0.4) is 0 Å². The van der Waals surface area contributed by atoms with E-state index in [4.69, 9.17) is 9.47 Å². The summed E-state index contributed by atoms with van der Waals surface area (Å²) in [6, 6.07) is 8.10. The second-order valence-corrected chi connectivity index (χ2v) is 6.50. The minimum absolute atomic E-state index is 0.385. The van der Waals surface area contributed by atoms with Crippen molar-refractivity contribution >= 4 is 0 Å². The van der Waals surface area contributed by atoms with Crippen molar-refractivity contribution in [3.63, 3.8) is 0 Å². The topological polar surface area (TPSA) is 41.9 Å². The van der Waals surface area contributed by atoms with E-state index in [1.165, 1.54) is 16.7 Å². The minimum atomic E-state index is 0.385. The highest BCUT2D eigenvalue weighted by Crippen LogP contribution is 2.34. The number of benzene rings is 2. The molecule has 3 rings (SSSR count). The molecule has 0 amide bonds. The molecule has 128 valence electrons. The smallest absolute Gasteiger partial charge is 0.161 e. The fourth-order valence-electron chi connectivity index (χ4n) is 3.30. The maximum atomic E-state index is 10.2. The molecule has 0 aliphatic carbocycles. The van der Waals surface area contributed by atoms with E-state index in [2.05, 4.69) is 30.0 Å². The van der Waals surface area contributed by atoms with E-state index in [-0.39, 0.29) is 0 Å². The average Bonchev–Trinajstić information content (AvgIpc) is 2.58. The summed E-state index contributed by atoms with van der Waals surface area (Å²) < 4.78 is 10.8. The van der Waals surface area contributed by atoms with Gasteiger partial charge in [0.2, 0.25) is 0 Å². The molecule has 0 atom stereocenters. The van der Waals surface area contributed by atoms with Crippen LogP contribution in [0, 0.1) is 13.8 Å². The third kappa shape index (κ3) is 3.20. The molecule has 1 heterocycles. The number of hydrogen-bond donors (Lipinski definition) is 1. The highest BCUT2D eigenvalue weighted by atomic mass is 16.5. The normalized spacial score (nSPS) is 14.3. The van der Waals surface area contributed by atoms with Gasteiger partial charge in [-0.15, -0.1) is 0 Å².